The normalized spacial score (nSPS) is 26.0. The first-order chi connectivity index (χ1) is 11.7. The van der Waals surface area contributed by atoms with Crippen LogP contribution in [0.3, 0.4) is 0 Å². The molecule has 0 aromatic heterocycles. The predicted octanol–water partition coefficient (Wildman–Crippen LogP) is 2.29. The lowest BCUT2D eigenvalue weighted by atomic mass is 9.74. The molecule has 5 heteroatoms. The van der Waals surface area contributed by atoms with E-state index in [0.717, 1.165) is 25.9 Å². The van der Waals surface area contributed by atoms with Crippen LogP contribution in [0.25, 0.3) is 0 Å². The third-order valence-electron chi connectivity index (χ3n) is 5.45. The Bertz CT molecular complexity index is 413. The molecule has 0 aromatic carbocycles. The maximum absolute atomic E-state index is 12.3. The van der Waals surface area contributed by atoms with Crippen LogP contribution in [0.2, 0.25) is 0 Å². The van der Waals surface area contributed by atoms with E-state index in [1.807, 2.05) is 0 Å². The van der Waals surface area contributed by atoms with Gasteiger partial charge < -0.3 is 20.6 Å². The Hall–Kier alpha value is -0.650. The number of nitrogens with zero attached hydrogens (tertiary/aromatic N) is 1. The molecular weight excluding hydrogens is 314 g/mol. The summed E-state index contributed by atoms with van der Waals surface area (Å²) in [5, 5.41) is 16.9. The van der Waals surface area contributed by atoms with Gasteiger partial charge in [0.2, 0.25) is 5.91 Å². The van der Waals surface area contributed by atoms with E-state index in [2.05, 4.69) is 43.2 Å². The third kappa shape index (κ3) is 7.63. The monoisotopic (exact) mass is 353 g/mol. The first-order valence-electron chi connectivity index (χ1n) is 10.1. The summed E-state index contributed by atoms with van der Waals surface area (Å²) in [7, 11) is 0. The molecule has 0 bridgehead atoms. The highest BCUT2D eigenvalue weighted by molar-refractivity contribution is 5.76. The molecule has 0 saturated carbocycles. The van der Waals surface area contributed by atoms with E-state index in [1.165, 1.54) is 25.7 Å². The summed E-state index contributed by atoms with van der Waals surface area (Å²) in [5.41, 5.74) is 0.137. The van der Waals surface area contributed by atoms with Gasteiger partial charge in [0, 0.05) is 30.6 Å². The van der Waals surface area contributed by atoms with Crippen LogP contribution in [0.5, 0.6) is 0 Å². The molecular formula is C20H39N3O2. The number of piperidine rings is 1. The SMILES string of the molecule is CC1(C)CC(CC(=O)NCC(O)CN2CCCCCC2)CC(C)(C)N1. The predicted molar refractivity (Wildman–Crippen MR) is 103 cm³/mol. The molecule has 3 N–H and O–H groups in total. The van der Waals surface area contributed by atoms with E-state index in [1.54, 1.807) is 0 Å². The summed E-state index contributed by atoms with van der Waals surface area (Å²) >= 11 is 0. The summed E-state index contributed by atoms with van der Waals surface area (Å²) in [5.74, 6) is 0.474. The van der Waals surface area contributed by atoms with Crippen molar-refractivity contribution in [3.63, 3.8) is 0 Å². The number of rotatable bonds is 6. The van der Waals surface area contributed by atoms with Gasteiger partial charge in [0.25, 0.3) is 0 Å². The molecule has 1 atom stereocenters. The van der Waals surface area contributed by atoms with Crippen LogP contribution in [0, 0.1) is 5.92 Å². The Morgan fingerprint density at radius 3 is 2.24 bits per heavy atom. The number of hydrogen-bond donors (Lipinski definition) is 3. The highest BCUT2D eigenvalue weighted by Gasteiger charge is 2.38. The third-order valence-corrected chi connectivity index (χ3v) is 5.45. The average molecular weight is 354 g/mol. The van der Waals surface area contributed by atoms with Crippen LogP contribution >= 0.6 is 0 Å². The molecule has 0 spiro atoms. The average Bonchev–Trinajstić information content (AvgIpc) is 2.70. The zero-order chi connectivity index (χ0) is 18.5. The van der Waals surface area contributed by atoms with Crippen molar-refractivity contribution in [2.75, 3.05) is 26.2 Å². The molecule has 146 valence electrons. The molecule has 1 amide bonds. The standard InChI is InChI=1S/C20H39N3O2/c1-19(2)12-16(13-20(3,4)22-19)11-18(25)21-14-17(24)15-23-9-7-5-6-8-10-23/h16-17,22,24H,5-15H2,1-4H3,(H,21,25). The van der Waals surface area contributed by atoms with E-state index in [4.69, 9.17) is 0 Å². The lowest BCUT2D eigenvalue weighted by Crippen LogP contribution is -2.58. The Balaban J connectivity index is 1.70. The van der Waals surface area contributed by atoms with Crippen molar-refractivity contribution in [3.05, 3.63) is 0 Å². The van der Waals surface area contributed by atoms with Crippen molar-refractivity contribution in [1.82, 2.24) is 15.5 Å². The highest BCUT2D eigenvalue weighted by Crippen LogP contribution is 2.34. The van der Waals surface area contributed by atoms with Crippen molar-refractivity contribution in [2.24, 2.45) is 5.92 Å². The minimum atomic E-state index is -0.469. The number of carbonyl (C=O) groups is 1. The quantitative estimate of drug-likeness (QED) is 0.685. The molecule has 0 aromatic rings. The Morgan fingerprint density at radius 1 is 1.12 bits per heavy atom. The second-order valence-electron chi connectivity index (χ2n) is 9.54. The van der Waals surface area contributed by atoms with Gasteiger partial charge in [0.1, 0.15) is 0 Å². The van der Waals surface area contributed by atoms with E-state index < -0.39 is 6.10 Å². The second kappa shape index (κ2) is 8.83. The number of β-amino-alcohol motifs (C(OH)–C–C–N with tert-alkyl or cyclic N) is 1. The molecule has 2 heterocycles. The molecule has 0 radical (unpaired) electrons. The molecule has 2 fully saturated rings. The molecule has 0 aliphatic carbocycles. The molecule has 2 aliphatic heterocycles. The molecule has 2 saturated heterocycles. The minimum Gasteiger partial charge on any atom is -0.390 e. The minimum absolute atomic E-state index is 0.0684. The maximum Gasteiger partial charge on any atom is 0.220 e. The van der Waals surface area contributed by atoms with Crippen molar-refractivity contribution >= 4 is 5.91 Å². The van der Waals surface area contributed by atoms with Crippen LogP contribution in [-0.2, 0) is 4.79 Å². The van der Waals surface area contributed by atoms with Gasteiger partial charge in [-0.1, -0.05) is 12.8 Å². The van der Waals surface area contributed by atoms with E-state index in [9.17, 15) is 9.90 Å². The van der Waals surface area contributed by atoms with Gasteiger partial charge in [0.15, 0.2) is 0 Å². The van der Waals surface area contributed by atoms with Crippen molar-refractivity contribution in [2.45, 2.75) is 89.8 Å². The second-order valence-corrected chi connectivity index (χ2v) is 9.54. The molecule has 1 unspecified atom stereocenters. The molecule has 5 nitrogen and oxygen atoms in total. The largest absolute Gasteiger partial charge is 0.390 e. The Kier molecular flexibility index (Phi) is 7.29. The fourth-order valence-corrected chi connectivity index (χ4v) is 4.93. The Labute approximate surface area is 153 Å². The van der Waals surface area contributed by atoms with Crippen LogP contribution in [0.15, 0.2) is 0 Å². The fourth-order valence-electron chi connectivity index (χ4n) is 4.93. The number of aliphatic hydroxyl groups is 1. The molecule has 25 heavy (non-hydrogen) atoms. The summed E-state index contributed by atoms with van der Waals surface area (Å²) in [6.45, 7) is 12.0. The number of likely N-dealkylation sites (tertiary alicyclic amines) is 1. The lowest BCUT2D eigenvalue weighted by molar-refractivity contribution is -0.123. The topological polar surface area (TPSA) is 64.6 Å². The van der Waals surface area contributed by atoms with E-state index in [-0.39, 0.29) is 17.0 Å². The zero-order valence-electron chi connectivity index (χ0n) is 16.7. The number of aliphatic hydroxyl groups excluding tert-OH is 1. The van der Waals surface area contributed by atoms with Crippen LogP contribution < -0.4 is 10.6 Å². The molecule has 2 rings (SSSR count). The van der Waals surface area contributed by atoms with Gasteiger partial charge in [-0.3, -0.25) is 4.79 Å². The smallest absolute Gasteiger partial charge is 0.220 e. The van der Waals surface area contributed by atoms with Gasteiger partial charge in [-0.2, -0.15) is 0 Å². The van der Waals surface area contributed by atoms with Gasteiger partial charge in [0.05, 0.1) is 6.10 Å². The van der Waals surface area contributed by atoms with Crippen LogP contribution in [0.4, 0.5) is 0 Å². The zero-order valence-corrected chi connectivity index (χ0v) is 16.7. The van der Waals surface area contributed by atoms with Crippen molar-refractivity contribution < 1.29 is 9.90 Å². The first kappa shape index (κ1) is 20.7. The Morgan fingerprint density at radius 2 is 1.68 bits per heavy atom. The number of nitrogens with one attached hydrogen (secondary N) is 2. The summed E-state index contributed by atoms with van der Waals surface area (Å²) in [4.78, 5) is 14.7. The fraction of sp³-hybridized carbons (Fsp3) is 0.950. The number of amides is 1. The highest BCUT2D eigenvalue weighted by atomic mass is 16.3. The van der Waals surface area contributed by atoms with Gasteiger partial charge in [-0.15, -0.1) is 0 Å². The maximum atomic E-state index is 12.3. The number of hydrogen-bond acceptors (Lipinski definition) is 4. The van der Waals surface area contributed by atoms with Crippen LogP contribution in [0.1, 0.15) is 72.6 Å². The summed E-state index contributed by atoms with van der Waals surface area (Å²) < 4.78 is 0. The lowest BCUT2D eigenvalue weighted by Gasteiger charge is -2.46. The molecule has 2 aliphatic rings. The summed E-state index contributed by atoms with van der Waals surface area (Å²) in [6, 6.07) is 0. The van der Waals surface area contributed by atoms with Crippen molar-refractivity contribution in [1.29, 1.82) is 0 Å². The van der Waals surface area contributed by atoms with Gasteiger partial charge in [-0.05, 0) is 72.4 Å². The summed E-state index contributed by atoms with van der Waals surface area (Å²) in [6.07, 6.45) is 7.16. The van der Waals surface area contributed by atoms with Crippen LogP contribution in [-0.4, -0.2) is 59.3 Å². The van der Waals surface area contributed by atoms with E-state index in [0.29, 0.717) is 25.4 Å². The first-order valence-corrected chi connectivity index (χ1v) is 10.1. The van der Waals surface area contributed by atoms with Gasteiger partial charge in [-0.25, -0.2) is 0 Å². The number of carbonyl (C=O) groups excluding carboxylic acids is 1. The van der Waals surface area contributed by atoms with Crippen molar-refractivity contribution in [3.8, 4) is 0 Å². The van der Waals surface area contributed by atoms with Gasteiger partial charge >= 0.3 is 0 Å². The van der Waals surface area contributed by atoms with E-state index >= 15 is 0 Å².